The van der Waals surface area contributed by atoms with Crippen LogP contribution in [0.2, 0.25) is 0 Å². The predicted molar refractivity (Wildman–Crippen MR) is 96.2 cm³/mol. The van der Waals surface area contributed by atoms with Crippen LogP contribution in [0.5, 0.6) is 0 Å². The third-order valence-electron chi connectivity index (χ3n) is 4.69. The molecular formula is C20H24N2O2. The Morgan fingerprint density at radius 3 is 2.29 bits per heavy atom. The molecular weight excluding hydrogens is 300 g/mol. The van der Waals surface area contributed by atoms with Crippen LogP contribution in [0.15, 0.2) is 54.6 Å². The second-order valence-electron chi connectivity index (χ2n) is 6.69. The van der Waals surface area contributed by atoms with Gasteiger partial charge in [-0.2, -0.15) is 0 Å². The van der Waals surface area contributed by atoms with Crippen molar-refractivity contribution >= 4 is 11.6 Å². The van der Waals surface area contributed by atoms with Crippen LogP contribution >= 0.6 is 0 Å². The van der Waals surface area contributed by atoms with Crippen molar-refractivity contribution in [2.75, 3.05) is 25.5 Å². The van der Waals surface area contributed by atoms with Crippen LogP contribution in [0.1, 0.15) is 28.8 Å². The van der Waals surface area contributed by atoms with Gasteiger partial charge in [0.1, 0.15) is 5.60 Å². The molecule has 1 saturated carbocycles. The quantitative estimate of drug-likeness (QED) is 0.859. The summed E-state index contributed by atoms with van der Waals surface area (Å²) < 4.78 is 0. The van der Waals surface area contributed by atoms with Gasteiger partial charge in [-0.3, -0.25) is 4.79 Å². The van der Waals surface area contributed by atoms with Gasteiger partial charge in [-0.25, -0.2) is 0 Å². The summed E-state index contributed by atoms with van der Waals surface area (Å²) in [4.78, 5) is 14.4. The van der Waals surface area contributed by atoms with Gasteiger partial charge in [-0.1, -0.05) is 30.3 Å². The number of rotatable bonds is 6. The maximum atomic E-state index is 12.4. The van der Waals surface area contributed by atoms with Gasteiger partial charge in [0.25, 0.3) is 5.91 Å². The molecule has 1 amide bonds. The summed E-state index contributed by atoms with van der Waals surface area (Å²) in [6.45, 7) is 0.232. The van der Waals surface area contributed by atoms with Crippen LogP contribution in [0, 0.1) is 5.92 Å². The molecule has 2 N–H and O–H groups in total. The van der Waals surface area contributed by atoms with E-state index in [2.05, 4.69) is 5.32 Å². The molecule has 2 aromatic rings. The summed E-state index contributed by atoms with van der Waals surface area (Å²) in [5.74, 6) is 0.0617. The van der Waals surface area contributed by atoms with Crippen LogP contribution in [0.25, 0.3) is 0 Å². The number of nitrogens with one attached hydrogen (secondary N) is 1. The number of carbonyl (C=O) groups is 1. The average molecular weight is 324 g/mol. The molecule has 1 fully saturated rings. The molecule has 1 atom stereocenters. The highest BCUT2D eigenvalue weighted by Crippen LogP contribution is 2.45. The zero-order valence-corrected chi connectivity index (χ0v) is 14.2. The molecule has 1 aliphatic rings. The van der Waals surface area contributed by atoms with Gasteiger partial charge >= 0.3 is 0 Å². The van der Waals surface area contributed by atoms with Gasteiger partial charge in [0.2, 0.25) is 0 Å². The van der Waals surface area contributed by atoms with E-state index in [1.54, 1.807) is 0 Å². The highest BCUT2D eigenvalue weighted by atomic mass is 16.3. The largest absolute Gasteiger partial charge is 0.383 e. The van der Waals surface area contributed by atoms with Crippen LogP contribution in [-0.2, 0) is 5.60 Å². The lowest BCUT2D eigenvalue weighted by Gasteiger charge is -2.29. The molecule has 0 radical (unpaired) electrons. The molecule has 0 heterocycles. The number of benzene rings is 2. The number of anilines is 1. The van der Waals surface area contributed by atoms with E-state index < -0.39 is 5.60 Å². The number of aliphatic hydroxyl groups is 1. The fourth-order valence-corrected chi connectivity index (χ4v) is 3.00. The number of hydrogen-bond donors (Lipinski definition) is 2. The van der Waals surface area contributed by atoms with Crippen molar-refractivity contribution < 1.29 is 9.90 Å². The molecule has 0 aromatic heterocycles. The SMILES string of the molecule is CN(C)c1ccc(C(=O)NCC(O)(c2ccccc2)C2CC2)cc1. The molecule has 1 aliphatic carbocycles. The molecule has 126 valence electrons. The van der Waals surface area contributed by atoms with Crippen molar-refractivity contribution in [3.8, 4) is 0 Å². The average Bonchev–Trinajstić information content (AvgIpc) is 3.46. The van der Waals surface area contributed by atoms with E-state index >= 15 is 0 Å². The van der Waals surface area contributed by atoms with Gasteiger partial charge in [-0.05, 0) is 48.6 Å². The first-order chi connectivity index (χ1) is 11.5. The Balaban J connectivity index is 1.70. The van der Waals surface area contributed by atoms with Crippen molar-refractivity contribution in [3.63, 3.8) is 0 Å². The van der Waals surface area contributed by atoms with E-state index in [9.17, 15) is 9.90 Å². The first-order valence-electron chi connectivity index (χ1n) is 8.34. The van der Waals surface area contributed by atoms with Crippen molar-refractivity contribution in [1.82, 2.24) is 5.32 Å². The molecule has 4 heteroatoms. The van der Waals surface area contributed by atoms with E-state index in [1.165, 1.54) is 0 Å². The molecule has 0 spiro atoms. The first kappa shape index (κ1) is 16.5. The van der Waals surface area contributed by atoms with Crippen molar-refractivity contribution in [1.29, 1.82) is 0 Å². The summed E-state index contributed by atoms with van der Waals surface area (Å²) in [7, 11) is 3.93. The fraction of sp³-hybridized carbons (Fsp3) is 0.350. The molecule has 0 saturated heterocycles. The zero-order valence-electron chi connectivity index (χ0n) is 14.2. The zero-order chi connectivity index (χ0) is 17.2. The molecule has 24 heavy (non-hydrogen) atoms. The smallest absolute Gasteiger partial charge is 0.251 e. The Hall–Kier alpha value is -2.33. The number of amides is 1. The van der Waals surface area contributed by atoms with Crippen LogP contribution in [0.4, 0.5) is 5.69 Å². The lowest BCUT2D eigenvalue weighted by molar-refractivity contribution is 0.0135. The van der Waals surface area contributed by atoms with Gasteiger partial charge in [0, 0.05) is 25.3 Å². The monoisotopic (exact) mass is 324 g/mol. The Morgan fingerprint density at radius 2 is 1.75 bits per heavy atom. The molecule has 3 rings (SSSR count). The van der Waals surface area contributed by atoms with Crippen molar-refractivity contribution in [2.45, 2.75) is 18.4 Å². The highest BCUT2D eigenvalue weighted by molar-refractivity contribution is 5.94. The second kappa shape index (κ2) is 6.65. The minimum Gasteiger partial charge on any atom is -0.383 e. The minimum atomic E-state index is -0.986. The summed E-state index contributed by atoms with van der Waals surface area (Å²) in [6.07, 6.45) is 2.00. The van der Waals surface area contributed by atoms with Gasteiger partial charge in [0.05, 0.1) is 6.54 Å². The topological polar surface area (TPSA) is 52.6 Å². The molecule has 2 aromatic carbocycles. The molecule has 4 nitrogen and oxygen atoms in total. The minimum absolute atomic E-state index is 0.157. The fourth-order valence-electron chi connectivity index (χ4n) is 3.00. The summed E-state index contributed by atoms with van der Waals surface area (Å²) in [5, 5.41) is 14.0. The number of carbonyl (C=O) groups excluding carboxylic acids is 1. The van der Waals surface area contributed by atoms with Crippen LogP contribution in [-0.4, -0.2) is 31.7 Å². The second-order valence-corrected chi connectivity index (χ2v) is 6.69. The first-order valence-corrected chi connectivity index (χ1v) is 8.34. The van der Waals surface area contributed by atoms with E-state index in [1.807, 2.05) is 73.6 Å². The van der Waals surface area contributed by atoms with Crippen LogP contribution in [0.3, 0.4) is 0 Å². The summed E-state index contributed by atoms with van der Waals surface area (Å²) >= 11 is 0. The Bertz CT molecular complexity index is 693. The van der Waals surface area contributed by atoms with E-state index in [0.29, 0.717) is 5.56 Å². The maximum absolute atomic E-state index is 12.4. The van der Waals surface area contributed by atoms with Crippen molar-refractivity contribution in [2.24, 2.45) is 5.92 Å². The molecule has 0 bridgehead atoms. The Kier molecular flexibility index (Phi) is 4.58. The van der Waals surface area contributed by atoms with Gasteiger partial charge in [0.15, 0.2) is 0 Å². The molecule has 0 aliphatic heterocycles. The van der Waals surface area contributed by atoms with E-state index in [4.69, 9.17) is 0 Å². The number of nitrogens with zero attached hydrogens (tertiary/aromatic N) is 1. The van der Waals surface area contributed by atoms with Crippen molar-refractivity contribution in [3.05, 3.63) is 65.7 Å². The Morgan fingerprint density at radius 1 is 1.12 bits per heavy atom. The molecule has 1 unspecified atom stereocenters. The predicted octanol–water partition coefficient (Wildman–Crippen LogP) is 2.78. The van der Waals surface area contributed by atoms with Crippen LogP contribution < -0.4 is 10.2 Å². The van der Waals surface area contributed by atoms with E-state index in [-0.39, 0.29) is 18.4 Å². The maximum Gasteiger partial charge on any atom is 0.251 e. The van der Waals surface area contributed by atoms with Gasteiger partial charge in [-0.15, -0.1) is 0 Å². The summed E-state index contributed by atoms with van der Waals surface area (Å²) in [6, 6.07) is 17.1. The van der Waals surface area contributed by atoms with Gasteiger partial charge < -0.3 is 15.3 Å². The number of hydrogen-bond acceptors (Lipinski definition) is 3. The lowest BCUT2D eigenvalue weighted by Crippen LogP contribution is -2.42. The highest BCUT2D eigenvalue weighted by Gasteiger charge is 2.45. The van der Waals surface area contributed by atoms with E-state index in [0.717, 1.165) is 24.1 Å². The standard InChI is InChI=1S/C20H24N2O2/c1-22(2)18-12-8-15(9-13-18)19(23)21-14-20(24,17-10-11-17)16-6-4-3-5-7-16/h3-9,12-13,17,24H,10-11,14H2,1-2H3,(H,21,23). The Labute approximate surface area is 143 Å². The third kappa shape index (κ3) is 3.44. The lowest BCUT2D eigenvalue weighted by atomic mass is 9.88. The third-order valence-corrected chi connectivity index (χ3v) is 4.69. The normalized spacial score (nSPS) is 16.3. The summed E-state index contributed by atoms with van der Waals surface area (Å²) in [5.41, 5.74) is 1.54.